The van der Waals surface area contributed by atoms with Gasteiger partial charge >= 0.3 is 0 Å². The molecule has 0 aliphatic carbocycles. The van der Waals surface area contributed by atoms with E-state index in [9.17, 15) is 14.0 Å². The van der Waals surface area contributed by atoms with Gasteiger partial charge in [-0.2, -0.15) is 0 Å². The fourth-order valence-corrected chi connectivity index (χ4v) is 2.43. The lowest BCUT2D eigenvalue weighted by atomic mass is 10.2. The smallest absolute Gasteiger partial charge is 0.262 e. The Hall–Kier alpha value is -3.06. The Balaban J connectivity index is 1.65. The normalized spacial score (nSPS) is 10.2. The van der Waals surface area contributed by atoms with E-state index in [1.807, 2.05) is 24.3 Å². The molecule has 0 aromatic heterocycles. The van der Waals surface area contributed by atoms with Crippen molar-refractivity contribution in [1.29, 1.82) is 0 Å². The molecule has 2 aromatic carbocycles. The van der Waals surface area contributed by atoms with Crippen molar-refractivity contribution in [2.75, 3.05) is 13.7 Å². The fraction of sp³-hybridized carbons (Fsp3) is 0.238. The van der Waals surface area contributed by atoms with Gasteiger partial charge in [-0.05, 0) is 36.2 Å². The summed E-state index contributed by atoms with van der Waals surface area (Å²) < 4.78 is 23.6. The average Bonchev–Trinajstić information content (AvgIpc) is 2.72. The Labute approximate surface area is 173 Å². The monoisotopic (exact) mass is 420 g/mol. The molecule has 0 aliphatic rings. The zero-order valence-electron chi connectivity index (χ0n) is 16.0. The SMILES string of the molecule is C=C(CCC(=O)NCc1ccc(OC)cc1)NC(=O)COc1ccc(Cl)c(F)c1. The highest BCUT2D eigenvalue weighted by Crippen LogP contribution is 2.20. The largest absolute Gasteiger partial charge is 0.497 e. The maximum atomic E-state index is 13.3. The van der Waals surface area contributed by atoms with Crippen LogP contribution in [0.25, 0.3) is 0 Å². The molecule has 0 heterocycles. The summed E-state index contributed by atoms with van der Waals surface area (Å²) in [5.41, 5.74) is 1.34. The highest BCUT2D eigenvalue weighted by molar-refractivity contribution is 6.30. The maximum absolute atomic E-state index is 13.3. The predicted molar refractivity (Wildman–Crippen MR) is 108 cm³/mol. The quantitative estimate of drug-likeness (QED) is 0.615. The number of amides is 2. The average molecular weight is 421 g/mol. The molecule has 2 N–H and O–H groups in total. The van der Waals surface area contributed by atoms with E-state index in [4.69, 9.17) is 21.1 Å². The van der Waals surface area contributed by atoms with Crippen molar-refractivity contribution in [3.63, 3.8) is 0 Å². The van der Waals surface area contributed by atoms with Crippen LogP contribution in [0.3, 0.4) is 0 Å². The Kier molecular flexibility index (Phi) is 8.48. The predicted octanol–water partition coefficient (Wildman–Crippen LogP) is 3.59. The van der Waals surface area contributed by atoms with Crippen LogP contribution in [0.15, 0.2) is 54.7 Å². The lowest BCUT2D eigenvalue weighted by molar-refractivity contribution is -0.123. The molecule has 154 valence electrons. The third-order valence-corrected chi connectivity index (χ3v) is 4.19. The van der Waals surface area contributed by atoms with Gasteiger partial charge in [0.25, 0.3) is 5.91 Å². The second-order valence-electron chi connectivity index (χ2n) is 6.14. The van der Waals surface area contributed by atoms with Gasteiger partial charge in [0.15, 0.2) is 6.61 Å². The van der Waals surface area contributed by atoms with E-state index in [2.05, 4.69) is 17.2 Å². The maximum Gasteiger partial charge on any atom is 0.262 e. The van der Waals surface area contributed by atoms with Crippen LogP contribution >= 0.6 is 11.6 Å². The highest BCUT2D eigenvalue weighted by Gasteiger charge is 2.08. The minimum Gasteiger partial charge on any atom is -0.497 e. The molecule has 0 atom stereocenters. The number of carbonyl (C=O) groups excluding carboxylic acids is 2. The van der Waals surface area contributed by atoms with Gasteiger partial charge in [-0.1, -0.05) is 30.3 Å². The number of allylic oxidation sites excluding steroid dienone is 1. The van der Waals surface area contributed by atoms with Crippen LogP contribution in [0, 0.1) is 5.82 Å². The molecular formula is C21H22ClFN2O4. The summed E-state index contributed by atoms with van der Waals surface area (Å²) in [5.74, 6) is -0.314. The summed E-state index contributed by atoms with van der Waals surface area (Å²) in [5, 5.41) is 5.32. The first kappa shape index (κ1) is 22.2. The van der Waals surface area contributed by atoms with E-state index in [0.29, 0.717) is 12.2 Å². The Morgan fingerprint density at radius 3 is 2.41 bits per heavy atom. The third-order valence-electron chi connectivity index (χ3n) is 3.88. The summed E-state index contributed by atoms with van der Waals surface area (Å²) in [6.07, 6.45) is 0.467. The lowest BCUT2D eigenvalue weighted by Crippen LogP contribution is -2.29. The van der Waals surface area contributed by atoms with Gasteiger partial charge in [0.05, 0.1) is 12.1 Å². The van der Waals surface area contributed by atoms with Gasteiger partial charge in [0, 0.05) is 24.7 Å². The second kappa shape index (κ2) is 11.1. The molecule has 0 radical (unpaired) electrons. The van der Waals surface area contributed by atoms with E-state index >= 15 is 0 Å². The Morgan fingerprint density at radius 2 is 1.76 bits per heavy atom. The van der Waals surface area contributed by atoms with Crippen molar-refractivity contribution in [2.45, 2.75) is 19.4 Å². The first-order chi connectivity index (χ1) is 13.9. The van der Waals surface area contributed by atoms with Crippen LogP contribution in [-0.4, -0.2) is 25.5 Å². The molecule has 0 spiro atoms. The van der Waals surface area contributed by atoms with E-state index in [-0.39, 0.29) is 36.1 Å². The molecule has 0 aliphatic heterocycles. The first-order valence-corrected chi connectivity index (χ1v) is 9.20. The molecule has 0 fully saturated rings. The van der Waals surface area contributed by atoms with Gasteiger partial charge in [-0.25, -0.2) is 4.39 Å². The molecule has 0 bridgehead atoms. The Bertz CT molecular complexity index is 871. The van der Waals surface area contributed by atoms with Crippen molar-refractivity contribution in [2.24, 2.45) is 0 Å². The van der Waals surface area contributed by atoms with Gasteiger partial charge in [0.2, 0.25) is 5.91 Å². The minimum absolute atomic E-state index is 0.0274. The van der Waals surface area contributed by atoms with Crippen LogP contribution in [0.1, 0.15) is 18.4 Å². The minimum atomic E-state index is -0.630. The highest BCUT2D eigenvalue weighted by atomic mass is 35.5. The number of carbonyl (C=O) groups is 2. The van der Waals surface area contributed by atoms with Crippen molar-refractivity contribution in [3.05, 3.63) is 71.1 Å². The number of ether oxygens (including phenoxy) is 2. The van der Waals surface area contributed by atoms with Crippen molar-refractivity contribution in [3.8, 4) is 11.5 Å². The van der Waals surface area contributed by atoms with Crippen LogP contribution in [-0.2, 0) is 16.1 Å². The summed E-state index contributed by atoms with van der Waals surface area (Å²) in [7, 11) is 1.59. The fourth-order valence-electron chi connectivity index (χ4n) is 2.31. The first-order valence-electron chi connectivity index (χ1n) is 8.82. The summed E-state index contributed by atoms with van der Waals surface area (Å²) in [6.45, 7) is 3.81. The molecule has 0 unspecified atom stereocenters. The Morgan fingerprint density at radius 1 is 1.07 bits per heavy atom. The van der Waals surface area contributed by atoms with E-state index in [1.165, 1.54) is 12.1 Å². The number of methoxy groups -OCH3 is 1. The van der Waals surface area contributed by atoms with E-state index < -0.39 is 11.7 Å². The number of nitrogens with one attached hydrogen (secondary N) is 2. The van der Waals surface area contributed by atoms with Gasteiger partial charge in [-0.15, -0.1) is 0 Å². The van der Waals surface area contributed by atoms with Gasteiger partial charge in [-0.3, -0.25) is 9.59 Å². The molecule has 6 nitrogen and oxygen atoms in total. The molecule has 29 heavy (non-hydrogen) atoms. The zero-order chi connectivity index (χ0) is 21.2. The van der Waals surface area contributed by atoms with Gasteiger partial charge in [0.1, 0.15) is 17.3 Å². The molecule has 0 saturated heterocycles. The number of hydrogen-bond donors (Lipinski definition) is 2. The summed E-state index contributed by atoms with van der Waals surface area (Å²) in [6, 6.07) is 11.3. The molecule has 8 heteroatoms. The standard InChI is InChI=1S/C21H22ClFN2O4/c1-14(25-21(27)13-29-17-8-9-18(22)19(23)11-17)3-10-20(26)24-12-15-4-6-16(28-2)7-5-15/h4-9,11H,1,3,10,12-13H2,2H3,(H,24,26)(H,25,27). The van der Waals surface area contributed by atoms with Gasteiger partial charge < -0.3 is 20.1 Å². The zero-order valence-corrected chi connectivity index (χ0v) is 16.7. The summed E-state index contributed by atoms with van der Waals surface area (Å²) in [4.78, 5) is 23.8. The molecule has 2 amide bonds. The van der Waals surface area contributed by atoms with Crippen molar-refractivity contribution >= 4 is 23.4 Å². The lowest BCUT2D eigenvalue weighted by Gasteiger charge is -2.10. The molecule has 2 rings (SSSR count). The van der Waals surface area contributed by atoms with Crippen LogP contribution in [0.2, 0.25) is 5.02 Å². The number of benzene rings is 2. The van der Waals surface area contributed by atoms with Crippen LogP contribution in [0.4, 0.5) is 4.39 Å². The van der Waals surface area contributed by atoms with Crippen LogP contribution < -0.4 is 20.1 Å². The molecule has 2 aromatic rings. The third kappa shape index (κ3) is 7.83. The second-order valence-corrected chi connectivity index (χ2v) is 6.55. The van der Waals surface area contributed by atoms with Crippen LogP contribution in [0.5, 0.6) is 11.5 Å². The molecule has 0 saturated carbocycles. The number of hydrogen-bond acceptors (Lipinski definition) is 4. The van der Waals surface area contributed by atoms with Crippen molar-refractivity contribution in [1.82, 2.24) is 10.6 Å². The number of halogens is 2. The van der Waals surface area contributed by atoms with E-state index in [0.717, 1.165) is 17.4 Å². The van der Waals surface area contributed by atoms with E-state index in [1.54, 1.807) is 7.11 Å². The number of rotatable bonds is 10. The summed E-state index contributed by atoms with van der Waals surface area (Å²) >= 11 is 5.58. The molecular weight excluding hydrogens is 399 g/mol. The topological polar surface area (TPSA) is 76.7 Å². The van der Waals surface area contributed by atoms with Crippen molar-refractivity contribution < 1.29 is 23.5 Å².